The van der Waals surface area contributed by atoms with E-state index < -0.39 is 0 Å². The van der Waals surface area contributed by atoms with Crippen LogP contribution in [-0.2, 0) is 9.53 Å². The number of hydrogen-bond acceptors (Lipinski definition) is 3. The lowest BCUT2D eigenvalue weighted by atomic mass is 10.3. The van der Waals surface area contributed by atoms with E-state index in [0.29, 0.717) is 12.2 Å². The lowest BCUT2D eigenvalue weighted by molar-refractivity contribution is -0.136. The molecule has 0 spiro atoms. The van der Waals surface area contributed by atoms with Gasteiger partial charge >= 0.3 is 5.97 Å². The molecule has 50 valence electrons. The molecule has 0 fully saturated rings. The summed E-state index contributed by atoms with van der Waals surface area (Å²) in [6.45, 7) is 1.82. The average molecular weight is 128 g/mol. The molecule has 3 nitrogen and oxygen atoms in total. The molecule has 3 heteroatoms. The van der Waals surface area contributed by atoms with E-state index in [9.17, 15) is 4.79 Å². The van der Waals surface area contributed by atoms with Gasteiger partial charge < -0.3 is 9.84 Å². The highest BCUT2D eigenvalue weighted by atomic mass is 16.5. The highest BCUT2D eigenvalue weighted by molar-refractivity contribution is 5.76. The van der Waals surface area contributed by atoms with Gasteiger partial charge in [-0.25, -0.2) is 0 Å². The van der Waals surface area contributed by atoms with E-state index in [2.05, 4.69) is 4.74 Å². The number of allylic oxidation sites excluding steroid dienone is 1. The van der Waals surface area contributed by atoms with Crippen LogP contribution < -0.4 is 0 Å². The normalized spacial score (nSPS) is 18.6. The standard InChI is InChI=1S/C6H8O3/c1-2-5-4(7)3-6(8)9-5/h7H,2-3H2,1H3. The minimum Gasteiger partial charge on any atom is -0.508 e. The minimum absolute atomic E-state index is 0.0448. The number of cyclic esters (lactones) is 1. The molecule has 0 radical (unpaired) electrons. The van der Waals surface area contributed by atoms with Crippen LogP contribution in [0.2, 0.25) is 0 Å². The Morgan fingerprint density at radius 2 is 2.44 bits per heavy atom. The van der Waals surface area contributed by atoms with Crippen molar-refractivity contribution in [2.45, 2.75) is 19.8 Å². The fraction of sp³-hybridized carbons (Fsp3) is 0.500. The molecule has 0 aromatic rings. The Morgan fingerprint density at radius 1 is 1.78 bits per heavy atom. The highest BCUT2D eigenvalue weighted by Crippen LogP contribution is 2.19. The average Bonchev–Trinajstić information content (AvgIpc) is 2.10. The van der Waals surface area contributed by atoms with E-state index >= 15 is 0 Å². The van der Waals surface area contributed by atoms with Gasteiger partial charge in [0.25, 0.3) is 0 Å². The summed E-state index contributed by atoms with van der Waals surface area (Å²) in [6.07, 6.45) is 0.626. The second kappa shape index (κ2) is 2.09. The first-order chi connectivity index (χ1) is 4.24. The van der Waals surface area contributed by atoms with Crippen LogP contribution in [0, 0.1) is 0 Å². The molecule has 0 atom stereocenters. The largest absolute Gasteiger partial charge is 0.508 e. The maximum absolute atomic E-state index is 10.4. The molecule has 0 unspecified atom stereocenters. The van der Waals surface area contributed by atoms with Crippen LogP contribution in [0.4, 0.5) is 0 Å². The summed E-state index contributed by atoms with van der Waals surface area (Å²) in [4.78, 5) is 10.4. The van der Waals surface area contributed by atoms with Crippen molar-refractivity contribution in [3.63, 3.8) is 0 Å². The number of aliphatic hydroxyl groups excluding tert-OH is 1. The van der Waals surface area contributed by atoms with Crippen LogP contribution in [0.1, 0.15) is 19.8 Å². The molecule has 0 saturated carbocycles. The van der Waals surface area contributed by atoms with Crippen LogP contribution in [0.5, 0.6) is 0 Å². The van der Waals surface area contributed by atoms with Gasteiger partial charge in [0, 0.05) is 6.42 Å². The first-order valence-corrected chi connectivity index (χ1v) is 2.85. The fourth-order valence-corrected chi connectivity index (χ4v) is 0.744. The maximum Gasteiger partial charge on any atom is 0.318 e. The third-order valence-corrected chi connectivity index (χ3v) is 1.19. The Hall–Kier alpha value is -0.990. The second-order valence-electron chi connectivity index (χ2n) is 1.87. The monoisotopic (exact) mass is 128 g/mol. The molecule has 0 aromatic heterocycles. The molecular formula is C6H8O3. The zero-order chi connectivity index (χ0) is 6.85. The topological polar surface area (TPSA) is 46.5 Å². The third kappa shape index (κ3) is 1.04. The van der Waals surface area contributed by atoms with E-state index in [-0.39, 0.29) is 18.1 Å². The second-order valence-corrected chi connectivity index (χ2v) is 1.87. The molecule has 1 heterocycles. The number of carbonyl (C=O) groups excluding carboxylic acids is 1. The number of rotatable bonds is 1. The highest BCUT2D eigenvalue weighted by Gasteiger charge is 2.20. The molecule has 0 bridgehead atoms. The molecule has 0 aromatic carbocycles. The predicted octanol–water partition coefficient (Wildman–Crippen LogP) is 1.11. The quantitative estimate of drug-likeness (QED) is 0.538. The smallest absolute Gasteiger partial charge is 0.318 e. The van der Waals surface area contributed by atoms with Crippen LogP contribution in [0.15, 0.2) is 11.5 Å². The van der Waals surface area contributed by atoms with Crippen molar-refractivity contribution < 1.29 is 14.6 Å². The Labute approximate surface area is 52.9 Å². The van der Waals surface area contributed by atoms with Gasteiger partial charge in [-0.1, -0.05) is 6.92 Å². The number of carbonyl (C=O) groups is 1. The van der Waals surface area contributed by atoms with Gasteiger partial charge in [-0.3, -0.25) is 4.79 Å². The fourth-order valence-electron chi connectivity index (χ4n) is 0.744. The van der Waals surface area contributed by atoms with Crippen LogP contribution in [0.3, 0.4) is 0 Å². The predicted molar refractivity (Wildman–Crippen MR) is 30.7 cm³/mol. The van der Waals surface area contributed by atoms with Crippen LogP contribution in [-0.4, -0.2) is 11.1 Å². The Morgan fingerprint density at radius 3 is 2.67 bits per heavy atom. The molecule has 1 aliphatic heterocycles. The minimum atomic E-state index is -0.357. The molecule has 0 saturated heterocycles. The van der Waals surface area contributed by atoms with Gasteiger partial charge in [0.15, 0.2) is 0 Å². The molecule has 0 aliphatic carbocycles. The maximum atomic E-state index is 10.4. The number of hydrogen-bond donors (Lipinski definition) is 1. The van der Waals surface area contributed by atoms with E-state index in [0.717, 1.165) is 0 Å². The summed E-state index contributed by atoms with van der Waals surface area (Å²) in [5, 5.41) is 8.89. The summed E-state index contributed by atoms with van der Waals surface area (Å²) < 4.78 is 4.61. The number of ether oxygens (including phenoxy) is 1. The van der Waals surface area contributed by atoms with Crippen molar-refractivity contribution in [3.8, 4) is 0 Å². The Bertz CT molecular complexity index is 169. The zero-order valence-corrected chi connectivity index (χ0v) is 5.18. The van der Waals surface area contributed by atoms with Gasteiger partial charge in [-0.05, 0) is 0 Å². The summed E-state index contributed by atoms with van der Waals surface area (Å²) in [6, 6.07) is 0. The lowest BCUT2D eigenvalue weighted by Crippen LogP contribution is -1.92. The third-order valence-electron chi connectivity index (χ3n) is 1.19. The van der Waals surface area contributed by atoms with Crippen molar-refractivity contribution in [1.82, 2.24) is 0 Å². The number of aliphatic hydroxyl groups is 1. The van der Waals surface area contributed by atoms with Crippen molar-refractivity contribution in [2.75, 3.05) is 0 Å². The Balaban J connectivity index is 2.69. The molecule has 1 rings (SSSR count). The summed E-state index contributed by atoms with van der Waals surface area (Å²) >= 11 is 0. The van der Waals surface area contributed by atoms with Crippen molar-refractivity contribution in [3.05, 3.63) is 11.5 Å². The first kappa shape index (κ1) is 6.13. The van der Waals surface area contributed by atoms with E-state index in [4.69, 9.17) is 5.11 Å². The molecule has 1 N–H and O–H groups in total. The summed E-state index contributed by atoms with van der Waals surface area (Å²) in [5.41, 5.74) is 0. The van der Waals surface area contributed by atoms with Crippen molar-refractivity contribution >= 4 is 5.97 Å². The summed E-state index contributed by atoms with van der Waals surface area (Å²) in [5.74, 6) is 0.145. The van der Waals surface area contributed by atoms with Gasteiger partial charge in [0.1, 0.15) is 17.9 Å². The van der Waals surface area contributed by atoms with Crippen LogP contribution >= 0.6 is 0 Å². The molecule has 0 amide bonds. The van der Waals surface area contributed by atoms with Gasteiger partial charge in [-0.2, -0.15) is 0 Å². The zero-order valence-electron chi connectivity index (χ0n) is 5.18. The molecular weight excluding hydrogens is 120 g/mol. The number of esters is 1. The summed E-state index contributed by atoms with van der Waals surface area (Å²) in [7, 11) is 0. The van der Waals surface area contributed by atoms with Gasteiger partial charge in [0.05, 0.1) is 0 Å². The van der Waals surface area contributed by atoms with E-state index in [1.54, 1.807) is 0 Å². The lowest BCUT2D eigenvalue weighted by Gasteiger charge is -1.93. The van der Waals surface area contributed by atoms with E-state index in [1.807, 2.05) is 6.92 Å². The molecule has 1 aliphatic rings. The van der Waals surface area contributed by atoms with Gasteiger partial charge in [0.2, 0.25) is 0 Å². The van der Waals surface area contributed by atoms with Crippen molar-refractivity contribution in [1.29, 1.82) is 0 Å². The van der Waals surface area contributed by atoms with Crippen LogP contribution in [0.25, 0.3) is 0 Å². The molecule has 9 heavy (non-hydrogen) atoms. The Kier molecular flexibility index (Phi) is 1.42. The van der Waals surface area contributed by atoms with E-state index in [1.165, 1.54) is 0 Å². The van der Waals surface area contributed by atoms with Crippen molar-refractivity contribution in [2.24, 2.45) is 0 Å². The first-order valence-electron chi connectivity index (χ1n) is 2.85. The SMILES string of the molecule is CCC1=C(O)CC(=O)O1. The van der Waals surface area contributed by atoms with Gasteiger partial charge in [-0.15, -0.1) is 0 Å².